The molecule has 1 saturated heterocycles. The van der Waals surface area contributed by atoms with Gasteiger partial charge in [0.05, 0.1) is 12.2 Å². The average Bonchev–Trinajstić information content (AvgIpc) is 2.60. The van der Waals surface area contributed by atoms with Gasteiger partial charge < -0.3 is 20.0 Å². The fraction of sp³-hybridized carbons (Fsp3) is 0.889. The molecule has 74 valence electrons. The van der Waals surface area contributed by atoms with Gasteiger partial charge in [0.25, 0.3) is 0 Å². The Kier molecular flexibility index (Phi) is 2.36. The molecule has 0 aromatic rings. The Morgan fingerprint density at radius 3 is 2.77 bits per heavy atom. The van der Waals surface area contributed by atoms with Crippen molar-refractivity contribution in [3.63, 3.8) is 0 Å². The Balaban J connectivity index is 2.15. The molecule has 4 heteroatoms. The van der Waals surface area contributed by atoms with Gasteiger partial charge in [0, 0.05) is 12.1 Å². The highest BCUT2D eigenvalue weighted by Gasteiger charge is 2.46. The molecule has 13 heavy (non-hydrogen) atoms. The van der Waals surface area contributed by atoms with Gasteiger partial charge in [-0.2, -0.15) is 0 Å². The lowest BCUT2D eigenvalue weighted by Crippen LogP contribution is -2.49. The molecule has 2 N–H and O–H groups in total. The van der Waals surface area contributed by atoms with Crippen molar-refractivity contribution in [3.8, 4) is 0 Å². The van der Waals surface area contributed by atoms with E-state index >= 15 is 0 Å². The van der Waals surface area contributed by atoms with Gasteiger partial charge in [-0.25, -0.2) is 0 Å². The molecule has 1 aliphatic heterocycles. The van der Waals surface area contributed by atoms with Crippen molar-refractivity contribution >= 4 is 6.21 Å². The molecule has 0 radical (unpaired) electrons. The minimum Gasteiger partial charge on any atom is -0.390 e. The normalized spacial score (nSPS) is 50.2. The summed E-state index contributed by atoms with van der Waals surface area (Å²) in [6, 6.07) is 0. The number of hydrogen-bond donors (Lipinski definition) is 2. The lowest BCUT2D eigenvalue weighted by molar-refractivity contribution is -0.0609. The largest absolute Gasteiger partial charge is 0.390 e. The highest BCUT2D eigenvalue weighted by atomic mass is 16.7. The molecule has 0 aromatic carbocycles. The van der Waals surface area contributed by atoms with Gasteiger partial charge in [0.1, 0.15) is 12.9 Å². The van der Waals surface area contributed by atoms with Crippen molar-refractivity contribution in [1.82, 2.24) is 0 Å². The number of nitrogens with one attached hydrogen (secondary N) is 1. The van der Waals surface area contributed by atoms with Crippen molar-refractivity contribution < 1.29 is 14.6 Å². The third-order valence-corrected chi connectivity index (χ3v) is 3.04. The van der Waals surface area contributed by atoms with E-state index in [1.165, 1.54) is 6.21 Å². The van der Waals surface area contributed by atoms with Crippen LogP contribution in [-0.2, 0) is 9.47 Å². The molecule has 0 bridgehead atoms. The fourth-order valence-corrected chi connectivity index (χ4v) is 2.24. The first-order chi connectivity index (χ1) is 6.24. The Labute approximate surface area is 77.4 Å². The van der Waals surface area contributed by atoms with Gasteiger partial charge >= 0.3 is 0 Å². The number of ether oxygens (including phenoxy) is 2. The van der Waals surface area contributed by atoms with Crippen molar-refractivity contribution in [2.24, 2.45) is 11.8 Å². The van der Waals surface area contributed by atoms with Crippen molar-refractivity contribution in [1.29, 1.82) is 5.41 Å². The highest BCUT2D eigenvalue weighted by molar-refractivity contribution is 5.58. The van der Waals surface area contributed by atoms with Crippen molar-refractivity contribution in [2.45, 2.75) is 31.7 Å². The van der Waals surface area contributed by atoms with Crippen LogP contribution in [0.1, 0.15) is 13.3 Å². The van der Waals surface area contributed by atoms with Crippen molar-refractivity contribution in [3.05, 3.63) is 0 Å². The van der Waals surface area contributed by atoms with E-state index in [4.69, 9.17) is 14.9 Å². The Hall–Kier alpha value is -0.450. The summed E-state index contributed by atoms with van der Waals surface area (Å²) in [6.07, 6.45) is 1.45. The van der Waals surface area contributed by atoms with Crippen LogP contribution in [0.5, 0.6) is 0 Å². The maximum absolute atomic E-state index is 9.78. The molecule has 1 heterocycles. The number of aliphatic hydroxyl groups is 1. The standard InChI is InChI=1S/C9H15NO3/c1-5-2-6(3-10)8-9(7(5)11)13-4-12-8/h3,5-11H,2,4H2,1H3/t5-,6?,7?,8?,9?/m0/s1. The zero-order chi connectivity index (χ0) is 9.42. The maximum Gasteiger partial charge on any atom is 0.147 e. The van der Waals surface area contributed by atoms with Gasteiger partial charge in [0.2, 0.25) is 0 Å². The van der Waals surface area contributed by atoms with E-state index in [-0.39, 0.29) is 30.8 Å². The first-order valence-electron chi connectivity index (χ1n) is 4.66. The van der Waals surface area contributed by atoms with Gasteiger partial charge in [-0.1, -0.05) is 6.92 Å². The molecule has 4 unspecified atom stereocenters. The summed E-state index contributed by atoms with van der Waals surface area (Å²) >= 11 is 0. The maximum atomic E-state index is 9.78. The molecule has 0 aromatic heterocycles. The van der Waals surface area contributed by atoms with Crippen LogP contribution in [0.25, 0.3) is 0 Å². The van der Waals surface area contributed by atoms with Crippen LogP contribution in [0.15, 0.2) is 0 Å². The summed E-state index contributed by atoms with van der Waals surface area (Å²) in [5, 5.41) is 17.0. The van der Waals surface area contributed by atoms with E-state index in [2.05, 4.69) is 0 Å². The third kappa shape index (κ3) is 1.39. The Morgan fingerprint density at radius 2 is 2.08 bits per heavy atom. The van der Waals surface area contributed by atoms with E-state index in [1.54, 1.807) is 0 Å². The molecule has 0 spiro atoms. The van der Waals surface area contributed by atoms with Gasteiger partial charge in [-0.15, -0.1) is 0 Å². The van der Waals surface area contributed by atoms with Crippen LogP contribution in [0.3, 0.4) is 0 Å². The van der Waals surface area contributed by atoms with Crippen LogP contribution in [0.2, 0.25) is 0 Å². The smallest absolute Gasteiger partial charge is 0.147 e. The molecule has 2 fully saturated rings. The molecular formula is C9H15NO3. The Bertz CT molecular complexity index is 209. The molecule has 2 rings (SSSR count). The topological polar surface area (TPSA) is 62.5 Å². The quantitative estimate of drug-likeness (QED) is 0.581. The SMILES string of the molecule is C[C@H]1CC(C=N)C2OCOC2C1O. The molecule has 5 atom stereocenters. The van der Waals surface area contributed by atoms with E-state index in [0.29, 0.717) is 0 Å². The average molecular weight is 185 g/mol. The zero-order valence-electron chi connectivity index (χ0n) is 7.64. The summed E-state index contributed by atoms with van der Waals surface area (Å²) in [4.78, 5) is 0. The van der Waals surface area contributed by atoms with Gasteiger partial charge in [-0.05, 0) is 12.3 Å². The Morgan fingerprint density at radius 1 is 1.38 bits per heavy atom. The summed E-state index contributed by atoms with van der Waals surface area (Å²) in [5.41, 5.74) is 0. The molecule has 4 nitrogen and oxygen atoms in total. The zero-order valence-corrected chi connectivity index (χ0v) is 7.64. The van der Waals surface area contributed by atoms with E-state index in [1.807, 2.05) is 6.92 Å². The third-order valence-electron chi connectivity index (χ3n) is 3.04. The monoisotopic (exact) mass is 185 g/mol. The minimum atomic E-state index is -0.441. The van der Waals surface area contributed by atoms with E-state index in [9.17, 15) is 5.11 Å². The second-order valence-corrected chi connectivity index (χ2v) is 3.91. The predicted octanol–water partition coefficient (Wildman–Crippen LogP) is 0.394. The molecule has 1 saturated carbocycles. The van der Waals surface area contributed by atoms with E-state index < -0.39 is 6.10 Å². The molecular weight excluding hydrogens is 170 g/mol. The second kappa shape index (κ2) is 3.36. The molecule has 2 aliphatic rings. The predicted molar refractivity (Wildman–Crippen MR) is 46.7 cm³/mol. The number of fused-ring (bicyclic) bond motifs is 1. The number of aliphatic hydroxyl groups excluding tert-OH is 1. The number of rotatable bonds is 1. The van der Waals surface area contributed by atoms with Gasteiger partial charge in [-0.3, -0.25) is 0 Å². The molecule has 1 aliphatic carbocycles. The first-order valence-corrected chi connectivity index (χ1v) is 4.66. The first kappa shape index (κ1) is 9.12. The van der Waals surface area contributed by atoms with Crippen molar-refractivity contribution in [2.75, 3.05) is 6.79 Å². The fourth-order valence-electron chi connectivity index (χ4n) is 2.24. The summed E-state index contributed by atoms with van der Waals surface area (Å²) in [6.45, 7) is 2.24. The summed E-state index contributed by atoms with van der Waals surface area (Å²) in [5.74, 6) is 0.292. The summed E-state index contributed by atoms with van der Waals surface area (Å²) in [7, 11) is 0. The molecule has 0 amide bonds. The van der Waals surface area contributed by atoms with E-state index in [0.717, 1.165) is 6.42 Å². The lowest BCUT2D eigenvalue weighted by atomic mass is 9.77. The minimum absolute atomic E-state index is 0.103. The van der Waals surface area contributed by atoms with Gasteiger partial charge in [0.15, 0.2) is 0 Å². The van der Waals surface area contributed by atoms with Crippen LogP contribution in [-0.4, -0.2) is 36.4 Å². The van der Waals surface area contributed by atoms with Crippen LogP contribution in [0, 0.1) is 17.2 Å². The highest BCUT2D eigenvalue weighted by Crippen LogP contribution is 2.35. The number of hydrogen-bond acceptors (Lipinski definition) is 4. The summed E-state index contributed by atoms with van der Waals surface area (Å²) < 4.78 is 10.6. The van der Waals surface area contributed by atoms with Crippen LogP contribution in [0.4, 0.5) is 0 Å². The van der Waals surface area contributed by atoms with Crippen LogP contribution < -0.4 is 0 Å². The second-order valence-electron chi connectivity index (χ2n) is 3.91. The van der Waals surface area contributed by atoms with Crippen LogP contribution >= 0.6 is 0 Å². The lowest BCUT2D eigenvalue weighted by Gasteiger charge is -2.36.